The molecule has 5 aliphatic rings. The molecule has 8 aromatic rings. The molecule has 2 heteroatoms. The van der Waals surface area contributed by atoms with E-state index in [0.29, 0.717) is 11.8 Å². The Balaban J connectivity index is 0.897. The van der Waals surface area contributed by atoms with Crippen LogP contribution in [0, 0.1) is 11.8 Å². The molecule has 2 saturated carbocycles. The van der Waals surface area contributed by atoms with Gasteiger partial charge in [-0.25, -0.2) is 0 Å². The minimum Gasteiger partial charge on any atom is -0.334 e. The zero-order chi connectivity index (χ0) is 44.0. The second-order valence-corrected chi connectivity index (χ2v) is 21.6. The van der Waals surface area contributed by atoms with Crippen molar-refractivity contribution < 1.29 is 0 Å². The van der Waals surface area contributed by atoms with E-state index in [1.54, 1.807) is 0 Å². The lowest BCUT2D eigenvalue weighted by atomic mass is 9.57. The standard InChI is InChI=1S/C63H60N2/c1-40-17-15-33-60(3)55-38-44(27-31-57(55)64(62(40,60)5)47-19-9-7-10-20-47)42-25-29-49-46(35-42)37-54-51-30-26-43(36-53(51)50-23-13-14-24-52(50)59(49)54)45-28-32-58-56(39-45)61(4)34-16-18-41(2)63(61,6)65(58)48-21-11-8-12-22-48/h7-14,19-32,35-36,38-41H,15-18,33-34,37H2,1-6H3. The van der Waals surface area contributed by atoms with Crippen LogP contribution in [0.15, 0.2) is 158 Å². The van der Waals surface area contributed by atoms with Crippen molar-refractivity contribution in [2.45, 2.75) is 108 Å². The zero-order valence-electron chi connectivity index (χ0n) is 39.0. The van der Waals surface area contributed by atoms with Crippen LogP contribution in [0.3, 0.4) is 0 Å². The quantitative estimate of drug-likeness (QED) is 0.163. The molecule has 65 heavy (non-hydrogen) atoms. The summed E-state index contributed by atoms with van der Waals surface area (Å²) in [7, 11) is 0. The zero-order valence-corrected chi connectivity index (χ0v) is 39.0. The lowest BCUT2D eigenvalue weighted by Gasteiger charge is -2.54. The monoisotopic (exact) mass is 844 g/mol. The number of rotatable bonds is 4. The molecule has 8 aromatic carbocycles. The normalized spacial score (nSPS) is 27.3. The summed E-state index contributed by atoms with van der Waals surface area (Å²) in [4.78, 5) is 5.40. The molecule has 0 spiro atoms. The molecule has 2 fully saturated rings. The molecule has 322 valence electrons. The van der Waals surface area contributed by atoms with Gasteiger partial charge in [-0.15, -0.1) is 0 Å². The van der Waals surface area contributed by atoms with Crippen LogP contribution in [-0.4, -0.2) is 11.1 Å². The molecule has 0 saturated heterocycles. The van der Waals surface area contributed by atoms with Gasteiger partial charge in [-0.05, 0) is 190 Å². The Labute approximate surface area is 386 Å². The SMILES string of the molecule is CC1CCCC2(C)c3cc(-c4ccc5c(c4)Cc4c-5c5ccccc5c5cc(-c6ccc7c(c6)C6(C)CCCC(C)C6(C)N7c6ccccc6)ccc45)ccc3N(c3ccccc3)C12C. The van der Waals surface area contributed by atoms with Gasteiger partial charge in [0.2, 0.25) is 0 Å². The number of anilines is 4. The fraction of sp³-hybridized carbons (Fsp3) is 0.302. The summed E-state index contributed by atoms with van der Waals surface area (Å²) in [6, 6.07) is 61.0. The predicted octanol–water partition coefficient (Wildman–Crippen LogP) is 16.9. The molecule has 0 amide bonds. The maximum absolute atomic E-state index is 2.70. The van der Waals surface area contributed by atoms with E-state index in [0.717, 1.165) is 6.42 Å². The molecule has 2 heterocycles. The number of benzene rings is 8. The van der Waals surface area contributed by atoms with Gasteiger partial charge in [0.05, 0.1) is 11.1 Å². The van der Waals surface area contributed by atoms with Crippen LogP contribution >= 0.6 is 0 Å². The molecule has 6 unspecified atom stereocenters. The summed E-state index contributed by atoms with van der Waals surface area (Å²) in [5.41, 5.74) is 19.5. The van der Waals surface area contributed by atoms with E-state index in [-0.39, 0.29) is 21.9 Å². The number of fused-ring (bicyclic) bond motifs is 14. The highest BCUT2D eigenvalue weighted by atomic mass is 15.3. The summed E-state index contributed by atoms with van der Waals surface area (Å²) < 4.78 is 0. The van der Waals surface area contributed by atoms with Crippen LogP contribution in [0.25, 0.3) is 54.9 Å². The summed E-state index contributed by atoms with van der Waals surface area (Å²) in [6.45, 7) is 15.2. The molecule has 0 radical (unpaired) electrons. The lowest BCUT2D eigenvalue weighted by molar-refractivity contribution is 0.130. The first-order valence-electron chi connectivity index (χ1n) is 24.7. The molecular weight excluding hydrogens is 785 g/mol. The van der Waals surface area contributed by atoms with Crippen molar-refractivity contribution in [1.82, 2.24) is 0 Å². The number of hydrogen-bond donors (Lipinski definition) is 0. The van der Waals surface area contributed by atoms with Crippen molar-refractivity contribution in [3.8, 4) is 33.4 Å². The van der Waals surface area contributed by atoms with Crippen LogP contribution in [0.2, 0.25) is 0 Å². The first-order chi connectivity index (χ1) is 31.5. The highest BCUT2D eigenvalue weighted by Crippen LogP contribution is 2.64. The smallest absolute Gasteiger partial charge is 0.0543 e. The average molecular weight is 845 g/mol. The van der Waals surface area contributed by atoms with E-state index in [9.17, 15) is 0 Å². The van der Waals surface area contributed by atoms with Crippen molar-refractivity contribution in [3.05, 3.63) is 180 Å². The third-order valence-electron chi connectivity index (χ3n) is 18.9. The topological polar surface area (TPSA) is 6.48 Å². The molecular formula is C63H60N2. The van der Waals surface area contributed by atoms with E-state index in [1.165, 1.54) is 138 Å². The number of hydrogen-bond acceptors (Lipinski definition) is 2. The van der Waals surface area contributed by atoms with E-state index in [2.05, 4.69) is 209 Å². The van der Waals surface area contributed by atoms with Gasteiger partial charge in [-0.1, -0.05) is 144 Å². The first kappa shape index (κ1) is 39.3. The lowest BCUT2D eigenvalue weighted by Crippen LogP contribution is -2.59. The first-order valence-corrected chi connectivity index (χ1v) is 24.7. The van der Waals surface area contributed by atoms with Gasteiger partial charge in [0, 0.05) is 33.6 Å². The maximum atomic E-state index is 2.70. The Bertz CT molecular complexity index is 3260. The predicted molar refractivity (Wildman–Crippen MR) is 275 cm³/mol. The Hall–Kier alpha value is -6.12. The van der Waals surface area contributed by atoms with Crippen LogP contribution in [0.1, 0.15) is 102 Å². The minimum absolute atomic E-state index is 0.000346. The van der Waals surface area contributed by atoms with E-state index < -0.39 is 0 Å². The third-order valence-corrected chi connectivity index (χ3v) is 18.9. The fourth-order valence-electron chi connectivity index (χ4n) is 14.9. The van der Waals surface area contributed by atoms with E-state index in [1.807, 2.05) is 0 Å². The Morgan fingerprint density at radius 2 is 0.923 bits per heavy atom. The van der Waals surface area contributed by atoms with E-state index in [4.69, 9.17) is 0 Å². The van der Waals surface area contributed by atoms with Crippen LogP contribution in [0.5, 0.6) is 0 Å². The highest BCUT2D eigenvalue weighted by Gasteiger charge is 2.62. The molecule has 0 aromatic heterocycles. The van der Waals surface area contributed by atoms with Crippen molar-refractivity contribution in [2.24, 2.45) is 11.8 Å². The Morgan fingerprint density at radius 3 is 1.49 bits per heavy atom. The Kier molecular flexibility index (Phi) is 8.28. The van der Waals surface area contributed by atoms with Gasteiger partial charge in [0.15, 0.2) is 0 Å². The summed E-state index contributed by atoms with van der Waals surface area (Å²) in [5, 5.41) is 5.45. The van der Waals surface area contributed by atoms with Crippen molar-refractivity contribution in [1.29, 1.82) is 0 Å². The molecule has 2 aliphatic heterocycles. The second-order valence-electron chi connectivity index (χ2n) is 21.6. The summed E-state index contributed by atoms with van der Waals surface area (Å²) in [6.07, 6.45) is 8.46. The number of nitrogens with zero attached hydrogens (tertiary/aromatic N) is 2. The second kappa shape index (κ2) is 13.7. The molecule has 3 aliphatic carbocycles. The Morgan fingerprint density at radius 1 is 0.446 bits per heavy atom. The maximum Gasteiger partial charge on any atom is 0.0543 e. The van der Waals surface area contributed by atoms with Crippen molar-refractivity contribution >= 4 is 44.3 Å². The average Bonchev–Trinajstić information content (AvgIpc) is 3.90. The third kappa shape index (κ3) is 5.07. The highest BCUT2D eigenvalue weighted by molar-refractivity contribution is 6.18. The van der Waals surface area contributed by atoms with Gasteiger partial charge in [-0.2, -0.15) is 0 Å². The van der Waals surface area contributed by atoms with Crippen LogP contribution in [0.4, 0.5) is 22.7 Å². The van der Waals surface area contributed by atoms with Crippen molar-refractivity contribution in [2.75, 3.05) is 9.80 Å². The van der Waals surface area contributed by atoms with Gasteiger partial charge < -0.3 is 9.80 Å². The van der Waals surface area contributed by atoms with Crippen molar-refractivity contribution in [3.63, 3.8) is 0 Å². The molecule has 0 bridgehead atoms. The molecule has 0 N–H and O–H groups in total. The largest absolute Gasteiger partial charge is 0.334 e. The van der Waals surface area contributed by atoms with Gasteiger partial charge >= 0.3 is 0 Å². The molecule has 13 rings (SSSR count). The van der Waals surface area contributed by atoms with E-state index >= 15 is 0 Å². The van der Waals surface area contributed by atoms with Crippen LogP contribution < -0.4 is 9.80 Å². The molecule has 6 atom stereocenters. The number of para-hydroxylation sites is 2. The minimum atomic E-state index is 0.000346. The fourth-order valence-corrected chi connectivity index (χ4v) is 14.9. The van der Waals surface area contributed by atoms with Gasteiger partial charge in [-0.3, -0.25) is 0 Å². The molecule has 2 nitrogen and oxygen atoms in total. The summed E-state index contributed by atoms with van der Waals surface area (Å²) in [5.74, 6) is 1.15. The van der Waals surface area contributed by atoms with Gasteiger partial charge in [0.25, 0.3) is 0 Å². The van der Waals surface area contributed by atoms with Gasteiger partial charge in [0.1, 0.15) is 0 Å². The summed E-state index contributed by atoms with van der Waals surface area (Å²) >= 11 is 0. The van der Waals surface area contributed by atoms with Crippen LogP contribution in [-0.2, 0) is 17.3 Å².